The number of benzene rings is 1. The molecule has 21 heavy (non-hydrogen) atoms. The van der Waals surface area contributed by atoms with E-state index in [1.807, 2.05) is 32.0 Å². The average molecular weight is 283 g/mol. The van der Waals surface area contributed by atoms with Crippen LogP contribution in [0.25, 0.3) is 5.69 Å². The molecule has 0 spiro atoms. The zero-order valence-electron chi connectivity index (χ0n) is 11.6. The number of aromatic nitrogens is 1. The molecule has 1 aromatic carbocycles. The molecule has 0 saturated heterocycles. The number of pyridine rings is 1. The lowest BCUT2D eigenvalue weighted by Gasteiger charge is -2.14. The summed E-state index contributed by atoms with van der Waals surface area (Å²) in [6.45, 7) is 3.74. The first-order chi connectivity index (χ1) is 9.90. The predicted octanol–water partition coefficient (Wildman–Crippen LogP) is 0.920. The summed E-state index contributed by atoms with van der Waals surface area (Å²) < 4.78 is 1.26. The smallest absolute Gasteiger partial charge is 0.262 e. The zero-order valence-corrected chi connectivity index (χ0v) is 11.6. The SMILES string of the molecule is Cc1ccc(C)c(-n2c(N)c3c(cc2=O)C(=O)NC3=O)c1. The van der Waals surface area contributed by atoms with Crippen molar-refractivity contribution in [2.24, 2.45) is 0 Å². The normalized spacial score (nSPS) is 13.2. The molecule has 6 heteroatoms. The molecule has 6 nitrogen and oxygen atoms in total. The lowest BCUT2D eigenvalue weighted by molar-refractivity contribution is 0.0880. The molecule has 0 unspecified atom stereocenters. The molecule has 0 fully saturated rings. The number of nitrogens with one attached hydrogen (secondary N) is 1. The fourth-order valence-electron chi connectivity index (χ4n) is 2.49. The van der Waals surface area contributed by atoms with Crippen molar-refractivity contribution in [3.05, 3.63) is 56.9 Å². The Morgan fingerprint density at radius 2 is 1.76 bits per heavy atom. The summed E-state index contributed by atoms with van der Waals surface area (Å²) in [7, 11) is 0. The number of amides is 2. The van der Waals surface area contributed by atoms with Crippen molar-refractivity contribution in [2.45, 2.75) is 13.8 Å². The van der Waals surface area contributed by atoms with Crippen molar-refractivity contribution in [1.29, 1.82) is 0 Å². The lowest BCUT2D eigenvalue weighted by atomic mass is 10.1. The van der Waals surface area contributed by atoms with E-state index in [4.69, 9.17) is 5.73 Å². The molecule has 0 radical (unpaired) electrons. The van der Waals surface area contributed by atoms with Gasteiger partial charge in [0.1, 0.15) is 5.82 Å². The standard InChI is InChI=1S/C15H13N3O3/c1-7-3-4-8(2)10(5-7)18-11(19)6-9-12(13(18)16)15(21)17-14(9)20/h3-6H,16H2,1-2H3,(H,17,20,21). The highest BCUT2D eigenvalue weighted by Crippen LogP contribution is 2.24. The Labute approximate surface area is 120 Å². The fraction of sp³-hybridized carbons (Fsp3) is 0.133. The van der Waals surface area contributed by atoms with Crippen LogP contribution in [0.1, 0.15) is 31.8 Å². The first-order valence-electron chi connectivity index (χ1n) is 6.39. The molecule has 2 aromatic rings. The largest absolute Gasteiger partial charge is 0.384 e. The Balaban J connectivity index is 2.38. The van der Waals surface area contributed by atoms with Crippen LogP contribution in [0.3, 0.4) is 0 Å². The fourth-order valence-corrected chi connectivity index (χ4v) is 2.49. The summed E-state index contributed by atoms with van der Waals surface area (Å²) in [4.78, 5) is 35.7. The zero-order chi connectivity index (χ0) is 15.3. The second kappa shape index (κ2) is 4.31. The number of carbonyl (C=O) groups is 2. The minimum absolute atomic E-state index is 0.0189. The van der Waals surface area contributed by atoms with E-state index in [0.29, 0.717) is 5.69 Å². The number of anilines is 1. The molecule has 3 N–H and O–H groups in total. The average Bonchev–Trinajstić information content (AvgIpc) is 2.68. The Morgan fingerprint density at radius 1 is 1.05 bits per heavy atom. The van der Waals surface area contributed by atoms with Gasteiger partial charge in [-0.2, -0.15) is 0 Å². The van der Waals surface area contributed by atoms with Crippen molar-refractivity contribution >= 4 is 17.6 Å². The van der Waals surface area contributed by atoms with Crippen LogP contribution < -0.4 is 16.6 Å². The number of nitrogens with two attached hydrogens (primary N) is 1. The number of nitrogens with zero attached hydrogens (tertiary/aromatic N) is 1. The number of carbonyl (C=O) groups excluding carboxylic acids is 2. The van der Waals surface area contributed by atoms with Crippen LogP contribution in [-0.2, 0) is 0 Å². The number of imide groups is 1. The van der Waals surface area contributed by atoms with Crippen LogP contribution in [0.2, 0.25) is 0 Å². The number of fused-ring (bicyclic) bond motifs is 1. The molecule has 106 valence electrons. The van der Waals surface area contributed by atoms with Gasteiger partial charge in [0.15, 0.2) is 0 Å². The molecule has 1 aliphatic heterocycles. The maximum atomic E-state index is 12.3. The number of aryl methyl sites for hydroxylation is 2. The third kappa shape index (κ3) is 1.84. The number of hydrogen-bond donors (Lipinski definition) is 2. The van der Waals surface area contributed by atoms with Gasteiger partial charge in [-0.1, -0.05) is 12.1 Å². The monoisotopic (exact) mass is 283 g/mol. The van der Waals surface area contributed by atoms with E-state index in [-0.39, 0.29) is 16.9 Å². The van der Waals surface area contributed by atoms with Gasteiger partial charge >= 0.3 is 0 Å². The quantitative estimate of drug-likeness (QED) is 0.761. The third-order valence-corrected chi connectivity index (χ3v) is 3.56. The van der Waals surface area contributed by atoms with Crippen molar-refractivity contribution < 1.29 is 9.59 Å². The van der Waals surface area contributed by atoms with Gasteiger partial charge in [0.25, 0.3) is 17.4 Å². The van der Waals surface area contributed by atoms with Crippen molar-refractivity contribution in [3.8, 4) is 5.69 Å². The first kappa shape index (κ1) is 13.1. The van der Waals surface area contributed by atoms with Gasteiger partial charge < -0.3 is 5.73 Å². The van der Waals surface area contributed by atoms with Gasteiger partial charge in [-0.15, -0.1) is 0 Å². The van der Waals surface area contributed by atoms with Gasteiger partial charge in [-0.25, -0.2) is 0 Å². The van der Waals surface area contributed by atoms with Crippen molar-refractivity contribution in [3.63, 3.8) is 0 Å². The van der Waals surface area contributed by atoms with Crippen LogP contribution in [0.5, 0.6) is 0 Å². The molecule has 1 aliphatic rings. The number of hydrogen-bond acceptors (Lipinski definition) is 4. The maximum Gasteiger partial charge on any atom is 0.262 e. The summed E-state index contributed by atoms with van der Waals surface area (Å²) >= 11 is 0. The molecular weight excluding hydrogens is 270 g/mol. The van der Waals surface area contributed by atoms with Crippen LogP contribution in [0, 0.1) is 13.8 Å². The molecule has 3 rings (SSSR count). The Kier molecular flexibility index (Phi) is 2.69. The summed E-state index contributed by atoms with van der Waals surface area (Å²) in [6, 6.07) is 6.75. The Bertz CT molecular complexity index is 865. The van der Waals surface area contributed by atoms with Crippen molar-refractivity contribution in [1.82, 2.24) is 9.88 Å². The van der Waals surface area contributed by atoms with Crippen LogP contribution in [0.15, 0.2) is 29.1 Å². The second-order valence-electron chi connectivity index (χ2n) is 5.07. The molecule has 1 aromatic heterocycles. The second-order valence-corrected chi connectivity index (χ2v) is 5.07. The molecule has 2 amide bonds. The number of rotatable bonds is 1. The molecule has 2 heterocycles. The Hall–Kier alpha value is -2.89. The lowest BCUT2D eigenvalue weighted by Crippen LogP contribution is -2.24. The Morgan fingerprint density at radius 3 is 2.48 bits per heavy atom. The van der Waals surface area contributed by atoms with E-state index in [1.165, 1.54) is 4.57 Å². The number of nitrogen functional groups attached to an aromatic ring is 1. The van der Waals surface area contributed by atoms with E-state index in [0.717, 1.165) is 17.2 Å². The summed E-state index contributed by atoms with van der Waals surface area (Å²) in [5.74, 6) is -1.19. The van der Waals surface area contributed by atoms with Gasteiger partial charge in [-0.05, 0) is 31.0 Å². The summed E-state index contributed by atoms with van der Waals surface area (Å²) in [5, 5.41) is 2.14. The maximum absolute atomic E-state index is 12.3. The minimum Gasteiger partial charge on any atom is -0.384 e. The van der Waals surface area contributed by atoms with Crippen LogP contribution in [-0.4, -0.2) is 16.4 Å². The van der Waals surface area contributed by atoms with Crippen LogP contribution in [0.4, 0.5) is 5.82 Å². The molecule has 0 aliphatic carbocycles. The highest BCUT2D eigenvalue weighted by molar-refractivity contribution is 6.23. The van der Waals surface area contributed by atoms with Gasteiger partial charge in [0.2, 0.25) is 0 Å². The molecular formula is C15H13N3O3. The van der Waals surface area contributed by atoms with E-state index in [9.17, 15) is 14.4 Å². The highest BCUT2D eigenvalue weighted by Gasteiger charge is 2.31. The minimum atomic E-state index is -0.591. The third-order valence-electron chi connectivity index (χ3n) is 3.56. The summed E-state index contributed by atoms with van der Waals surface area (Å²) in [5.41, 5.74) is 8.05. The highest BCUT2D eigenvalue weighted by atomic mass is 16.2. The van der Waals surface area contributed by atoms with E-state index in [1.54, 1.807) is 0 Å². The van der Waals surface area contributed by atoms with E-state index < -0.39 is 17.4 Å². The van der Waals surface area contributed by atoms with Crippen LogP contribution >= 0.6 is 0 Å². The summed E-state index contributed by atoms with van der Waals surface area (Å²) in [6.07, 6.45) is 0. The van der Waals surface area contributed by atoms with E-state index in [2.05, 4.69) is 5.32 Å². The van der Waals surface area contributed by atoms with E-state index >= 15 is 0 Å². The predicted molar refractivity (Wildman–Crippen MR) is 77.7 cm³/mol. The molecule has 0 bridgehead atoms. The molecule has 0 atom stereocenters. The molecule has 0 saturated carbocycles. The van der Waals surface area contributed by atoms with Gasteiger partial charge in [-0.3, -0.25) is 24.3 Å². The van der Waals surface area contributed by atoms with Gasteiger partial charge in [0, 0.05) is 6.07 Å². The van der Waals surface area contributed by atoms with Gasteiger partial charge in [0.05, 0.1) is 16.8 Å². The van der Waals surface area contributed by atoms with Crippen molar-refractivity contribution in [2.75, 3.05) is 5.73 Å². The topological polar surface area (TPSA) is 94.2 Å². The first-order valence-corrected chi connectivity index (χ1v) is 6.39.